The van der Waals surface area contributed by atoms with Crippen LogP contribution in [0.2, 0.25) is 0 Å². The van der Waals surface area contributed by atoms with Crippen LogP contribution in [0.3, 0.4) is 0 Å². The third-order valence-electron chi connectivity index (χ3n) is 2.26. The fourth-order valence-corrected chi connectivity index (χ4v) is 1.40. The molecule has 1 aliphatic rings. The number of likely N-dealkylation sites (N-methyl/N-ethyl adjacent to an activating group) is 1. The van der Waals surface area contributed by atoms with Gasteiger partial charge in [-0.2, -0.15) is 0 Å². The maximum atomic E-state index is 5.29. The Hall–Kier alpha value is -1.55. The molecule has 0 saturated heterocycles. The van der Waals surface area contributed by atoms with Crippen LogP contribution >= 0.6 is 12.2 Å². The zero-order valence-electron chi connectivity index (χ0n) is 9.27. The molecule has 84 valence electrons. The summed E-state index contributed by atoms with van der Waals surface area (Å²) in [7, 11) is 3.85. The molecule has 0 N–H and O–H groups in total. The Balaban J connectivity index is 2.14. The zero-order valence-corrected chi connectivity index (χ0v) is 10.1. The fraction of sp³-hybridized carbons (Fsp3) is 0.250. The summed E-state index contributed by atoms with van der Waals surface area (Å²) in [5, 5.41) is 0. The highest BCUT2D eigenvalue weighted by molar-refractivity contribution is 7.80. The van der Waals surface area contributed by atoms with Crippen LogP contribution in [-0.4, -0.2) is 30.8 Å². The minimum absolute atomic E-state index is 0.304. The molecular weight excluding hydrogens is 222 g/mol. The molecule has 0 aliphatic carbocycles. The van der Waals surface area contributed by atoms with Gasteiger partial charge < -0.3 is 14.4 Å². The summed E-state index contributed by atoms with van der Waals surface area (Å²) in [6, 6.07) is 5.82. The fourth-order valence-electron chi connectivity index (χ4n) is 1.33. The largest absolute Gasteiger partial charge is 0.454 e. The zero-order chi connectivity index (χ0) is 11.5. The smallest absolute Gasteiger partial charge is 0.231 e. The molecule has 1 aliphatic heterocycles. The van der Waals surface area contributed by atoms with Crippen molar-refractivity contribution in [3.8, 4) is 11.5 Å². The Morgan fingerprint density at radius 1 is 1.31 bits per heavy atom. The Morgan fingerprint density at radius 2 is 2.06 bits per heavy atom. The van der Waals surface area contributed by atoms with Crippen molar-refractivity contribution in [1.82, 2.24) is 4.90 Å². The van der Waals surface area contributed by atoms with Gasteiger partial charge in [-0.25, -0.2) is 0 Å². The number of hydrogen-bond donors (Lipinski definition) is 0. The summed E-state index contributed by atoms with van der Waals surface area (Å²) in [4.78, 5) is 2.68. The standard InChI is InChI=1S/C12H13NO2S/c1-13(2)12(16)6-4-9-3-5-10-11(7-9)15-8-14-10/h3-7H,8H2,1-2H3/b6-4+. The third-order valence-corrected chi connectivity index (χ3v) is 2.76. The molecule has 1 aromatic carbocycles. The number of nitrogens with zero attached hydrogens (tertiary/aromatic N) is 1. The molecule has 0 bridgehead atoms. The van der Waals surface area contributed by atoms with E-state index in [4.69, 9.17) is 21.7 Å². The first-order valence-corrected chi connectivity index (χ1v) is 5.36. The molecule has 3 nitrogen and oxygen atoms in total. The number of ether oxygens (including phenoxy) is 2. The van der Waals surface area contributed by atoms with Gasteiger partial charge in [-0.05, 0) is 23.8 Å². The van der Waals surface area contributed by atoms with E-state index >= 15 is 0 Å². The maximum absolute atomic E-state index is 5.29. The van der Waals surface area contributed by atoms with E-state index in [9.17, 15) is 0 Å². The van der Waals surface area contributed by atoms with Gasteiger partial charge in [0.15, 0.2) is 11.5 Å². The van der Waals surface area contributed by atoms with Crippen LogP contribution in [0.1, 0.15) is 5.56 Å². The van der Waals surface area contributed by atoms with Crippen LogP contribution in [0, 0.1) is 0 Å². The summed E-state index contributed by atoms with van der Waals surface area (Å²) >= 11 is 5.16. The van der Waals surface area contributed by atoms with E-state index in [0.29, 0.717) is 6.79 Å². The average Bonchev–Trinajstić information content (AvgIpc) is 2.72. The molecule has 0 spiro atoms. The van der Waals surface area contributed by atoms with Gasteiger partial charge >= 0.3 is 0 Å². The molecule has 0 amide bonds. The van der Waals surface area contributed by atoms with Gasteiger partial charge in [-0.1, -0.05) is 24.4 Å². The molecule has 0 atom stereocenters. The summed E-state index contributed by atoms with van der Waals surface area (Å²) in [5.74, 6) is 1.59. The van der Waals surface area contributed by atoms with Crippen molar-refractivity contribution in [2.45, 2.75) is 0 Å². The van der Waals surface area contributed by atoms with E-state index in [-0.39, 0.29) is 0 Å². The van der Waals surface area contributed by atoms with Gasteiger partial charge in [0.25, 0.3) is 0 Å². The number of rotatable bonds is 2. The maximum Gasteiger partial charge on any atom is 0.231 e. The number of benzene rings is 1. The van der Waals surface area contributed by atoms with Crippen molar-refractivity contribution >= 4 is 23.3 Å². The van der Waals surface area contributed by atoms with Gasteiger partial charge in [0.1, 0.15) is 4.99 Å². The van der Waals surface area contributed by atoms with Gasteiger partial charge in [-0.3, -0.25) is 0 Å². The van der Waals surface area contributed by atoms with Crippen LogP contribution in [0.15, 0.2) is 24.3 Å². The van der Waals surface area contributed by atoms with Crippen LogP contribution in [0.25, 0.3) is 6.08 Å². The van der Waals surface area contributed by atoms with E-state index in [0.717, 1.165) is 22.1 Å². The van der Waals surface area contributed by atoms with Gasteiger partial charge in [-0.15, -0.1) is 0 Å². The summed E-state index contributed by atoms with van der Waals surface area (Å²) in [6.07, 6.45) is 3.86. The molecule has 1 aromatic rings. The lowest BCUT2D eigenvalue weighted by molar-refractivity contribution is 0.174. The van der Waals surface area contributed by atoms with Crippen LogP contribution < -0.4 is 9.47 Å². The highest BCUT2D eigenvalue weighted by atomic mass is 32.1. The number of fused-ring (bicyclic) bond motifs is 1. The first-order valence-electron chi connectivity index (χ1n) is 4.96. The predicted molar refractivity (Wildman–Crippen MR) is 67.9 cm³/mol. The van der Waals surface area contributed by atoms with Crippen LogP contribution in [-0.2, 0) is 0 Å². The Kier molecular flexibility index (Phi) is 3.10. The highest BCUT2D eigenvalue weighted by Gasteiger charge is 2.12. The van der Waals surface area contributed by atoms with E-state index in [2.05, 4.69) is 0 Å². The lowest BCUT2D eigenvalue weighted by atomic mass is 10.2. The van der Waals surface area contributed by atoms with Gasteiger partial charge in [0, 0.05) is 14.1 Å². The SMILES string of the molecule is CN(C)C(=S)/C=C/c1ccc2c(c1)OCO2. The molecule has 0 fully saturated rings. The molecule has 16 heavy (non-hydrogen) atoms. The van der Waals surface area contributed by atoms with Crippen molar-refractivity contribution in [3.63, 3.8) is 0 Å². The van der Waals surface area contributed by atoms with E-state index in [1.54, 1.807) is 0 Å². The van der Waals surface area contributed by atoms with Crippen molar-refractivity contribution in [3.05, 3.63) is 29.8 Å². The van der Waals surface area contributed by atoms with Gasteiger partial charge in [0.05, 0.1) is 0 Å². The second-order valence-corrected chi connectivity index (χ2v) is 4.10. The lowest BCUT2D eigenvalue weighted by Gasteiger charge is -2.08. The van der Waals surface area contributed by atoms with Crippen LogP contribution in [0.5, 0.6) is 11.5 Å². The Labute approximate surface area is 100 Å². The molecule has 2 rings (SSSR count). The molecular formula is C12H13NO2S. The minimum atomic E-state index is 0.304. The topological polar surface area (TPSA) is 21.7 Å². The van der Waals surface area contributed by atoms with Gasteiger partial charge in [0.2, 0.25) is 6.79 Å². The second kappa shape index (κ2) is 4.53. The third kappa shape index (κ3) is 2.33. The number of thiocarbonyl (C=S) groups is 1. The van der Waals surface area contributed by atoms with E-state index in [1.807, 2.05) is 49.3 Å². The van der Waals surface area contributed by atoms with Crippen molar-refractivity contribution in [2.75, 3.05) is 20.9 Å². The molecule has 0 radical (unpaired) electrons. The molecule has 0 aromatic heterocycles. The number of hydrogen-bond acceptors (Lipinski definition) is 3. The predicted octanol–water partition coefficient (Wildman–Crippen LogP) is 2.32. The first kappa shape index (κ1) is 11.0. The van der Waals surface area contributed by atoms with E-state index < -0.39 is 0 Å². The molecule has 1 heterocycles. The highest BCUT2D eigenvalue weighted by Crippen LogP contribution is 2.32. The quantitative estimate of drug-likeness (QED) is 0.579. The Morgan fingerprint density at radius 3 is 2.81 bits per heavy atom. The summed E-state index contributed by atoms with van der Waals surface area (Å²) in [5.41, 5.74) is 1.05. The summed E-state index contributed by atoms with van der Waals surface area (Å²) in [6.45, 7) is 0.304. The molecule has 0 unspecified atom stereocenters. The van der Waals surface area contributed by atoms with Crippen LogP contribution in [0.4, 0.5) is 0 Å². The molecule has 4 heteroatoms. The Bertz CT molecular complexity index is 441. The van der Waals surface area contributed by atoms with Crippen molar-refractivity contribution in [2.24, 2.45) is 0 Å². The minimum Gasteiger partial charge on any atom is -0.454 e. The van der Waals surface area contributed by atoms with Crippen molar-refractivity contribution < 1.29 is 9.47 Å². The summed E-state index contributed by atoms with van der Waals surface area (Å²) < 4.78 is 10.5. The normalized spacial score (nSPS) is 13.1. The monoisotopic (exact) mass is 235 g/mol. The first-order chi connectivity index (χ1) is 7.66. The lowest BCUT2D eigenvalue weighted by Crippen LogP contribution is -2.16. The average molecular weight is 235 g/mol. The second-order valence-electron chi connectivity index (χ2n) is 3.68. The van der Waals surface area contributed by atoms with E-state index in [1.165, 1.54) is 0 Å². The molecule has 0 saturated carbocycles. The van der Waals surface area contributed by atoms with Crippen molar-refractivity contribution in [1.29, 1.82) is 0 Å².